The van der Waals surface area contributed by atoms with Crippen LogP contribution in [0.25, 0.3) is 0 Å². The van der Waals surface area contributed by atoms with Crippen molar-refractivity contribution in [2.24, 2.45) is 0 Å². The van der Waals surface area contributed by atoms with Crippen molar-refractivity contribution < 1.29 is 0 Å². The molecule has 6 heteroatoms. The van der Waals surface area contributed by atoms with Crippen molar-refractivity contribution in [1.82, 2.24) is 0 Å². The monoisotopic (exact) mass is 611 g/mol. The average molecular weight is 610 g/mol. The molecule has 0 atom stereocenters. The molecule has 0 aromatic heterocycles. The fraction of sp³-hybridized carbons (Fsp3) is 1.00. The van der Waals surface area contributed by atoms with Crippen molar-refractivity contribution in [3.63, 3.8) is 0 Å². The van der Waals surface area contributed by atoms with E-state index in [1.165, 1.54) is 40.9 Å². The topological polar surface area (TPSA) is 0 Å². The van der Waals surface area contributed by atoms with Crippen molar-refractivity contribution in [3.05, 3.63) is 0 Å². The molecule has 0 spiro atoms. The van der Waals surface area contributed by atoms with Gasteiger partial charge in [0.15, 0.2) is 0 Å². The molecule has 0 nitrogen and oxygen atoms in total. The van der Waals surface area contributed by atoms with Gasteiger partial charge in [0.25, 0.3) is 0 Å². The highest BCUT2D eigenvalue weighted by Crippen LogP contribution is 1.17. The summed E-state index contributed by atoms with van der Waals surface area (Å²) < 4.78 is 0. The maximum Gasteiger partial charge on any atom is 0.0606 e. The first-order valence-electron chi connectivity index (χ1n) is 16.5. The highest BCUT2D eigenvalue weighted by Gasteiger charge is 1.00. The maximum atomic E-state index is 4.50. The van der Waals surface area contributed by atoms with E-state index < -0.39 is 0 Å². The van der Waals surface area contributed by atoms with Gasteiger partial charge in [0, 0.05) is 0 Å². The molecule has 0 bridgehead atoms. The number of hydrogen-bond acceptors (Lipinski definition) is 0. The standard InChI is InChI=1S/13C2H6.6CH3B.4CH4/c19*1-2;;;;/h13*1-2H3;6*1H3;4*1H4. The summed E-state index contributed by atoms with van der Waals surface area (Å²) in [7, 11) is 27.0. The molecule has 0 N–H and O–H groups in total. The lowest BCUT2D eigenvalue weighted by atomic mass is 10.2. The second kappa shape index (κ2) is 445000. The van der Waals surface area contributed by atoms with Crippen LogP contribution in [0.15, 0.2) is 0 Å². The molecule has 0 unspecified atom stereocenters. The number of hydrogen-bond donors (Lipinski definition) is 0. The third-order valence-electron chi connectivity index (χ3n) is 0. The summed E-state index contributed by atoms with van der Waals surface area (Å²) in [4.78, 5) is 0. The Balaban J connectivity index is -0.00000000430. The van der Waals surface area contributed by atoms with Gasteiger partial charge in [-0.25, -0.2) is 0 Å². The first-order valence-corrected chi connectivity index (χ1v) is 16.5. The van der Waals surface area contributed by atoms with E-state index in [0.29, 0.717) is 0 Å². The van der Waals surface area contributed by atoms with Crippen molar-refractivity contribution >= 4 is 47.1 Å². The van der Waals surface area contributed by atoms with E-state index in [2.05, 4.69) is 47.1 Å². The van der Waals surface area contributed by atoms with Gasteiger partial charge in [0.05, 0.1) is 47.1 Å². The minimum Gasteiger partial charge on any atom is -0.0999 e. The maximum absolute atomic E-state index is 4.50. The van der Waals surface area contributed by atoms with Gasteiger partial charge in [-0.1, -0.05) is 251 Å². The Morgan fingerprint density at radius 1 is 0.119 bits per heavy atom. The predicted molar refractivity (Wildman–Crippen MR) is 244 cm³/mol. The summed E-state index contributed by atoms with van der Waals surface area (Å²) in [6.07, 6.45) is 0. The fourth-order valence-electron chi connectivity index (χ4n) is 0. The van der Waals surface area contributed by atoms with Crippen LogP contribution in [0.1, 0.15) is 210 Å². The summed E-state index contributed by atoms with van der Waals surface area (Å²) in [6.45, 7) is 61.0. The van der Waals surface area contributed by atoms with Gasteiger partial charge in [0.2, 0.25) is 0 Å². The van der Waals surface area contributed by atoms with Crippen LogP contribution in [0.4, 0.5) is 0 Å². The van der Waals surface area contributed by atoms with Crippen LogP contribution < -0.4 is 0 Å². The molecule has 12 radical (unpaired) electrons. The summed E-state index contributed by atoms with van der Waals surface area (Å²) in [5.74, 6) is 0. The molecule has 0 rings (SSSR count). The summed E-state index contributed by atoms with van der Waals surface area (Å²) >= 11 is 0. The van der Waals surface area contributed by atoms with E-state index in [9.17, 15) is 0 Å². The van der Waals surface area contributed by atoms with Crippen LogP contribution in [0, 0.1) is 0 Å². The normalized spacial score (nSPS) is 2.57. The van der Waals surface area contributed by atoms with Crippen LogP contribution >= 0.6 is 0 Å². The summed E-state index contributed by atoms with van der Waals surface area (Å²) in [5, 5.41) is 0. The van der Waals surface area contributed by atoms with E-state index in [1.807, 2.05) is 180 Å². The Hall–Kier alpha value is 0.390. The van der Waals surface area contributed by atoms with Crippen LogP contribution in [-0.2, 0) is 0 Å². The van der Waals surface area contributed by atoms with Crippen LogP contribution in [0.5, 0.6) is 0 Å². The Morgan fingerprint density at radius 2 is 0.119 bits per heavy atom. The molecule has 0 saturated carbocycles. The van der Waals surface area contributed by atoms with Crippen LogP contribution in [0.2, 0.25) is 40.9 Å². The molecular formula is C36H112B6. The van der Waals surface area contributed by atoms with Gasteiger partial charge in [-0.15, -0.1) is 0 Å². The van der Waals surface area contributed by atoms with Crippen LogP contribution in [-0.4, -0.2) is 47.1 Å². The zero-order valence-electron chi connectivity index (χ0n) is 35.5. The van der Waals surface area contributed by atoms with Gasteiger partial charge >= 0.3 is 0 Å². The minimum atomic E-state index is 0. The Labute approximate surface area is 297 Å². The highest BCUT2D eigenvalue weighted by molar-refractivity contribution is 6.06. The molecule has 274 valence electrons. The van der Waals surface area contributed by atoms with Gasteiger partial charge in [-0.3, -0.25) is 0 Å². The molecule has 0 aromatic rings. The predicted octanol–water partition coefficient (Wildman–Crippen LogP) is 17.1. The summed E-state index contributed by atoms with van der Waals surface area (Å²) in [5.41, 5.74) is 0. The Kier molecular flexibility index (Phi) is 2050000. The van der Waals surface area contributed by atoms with Crippen molar-refractivity contribution in [2.75, 3.05) is 0 Å². The molecule has 0 saturated heterocycles. The third-order valence-corrected chi connectivity index (χ3v) is 0. The van der Waals surface area contributed by atoms with Gasteiger partial charge in [-0.2, -0.15) is 0 Å². The molecule has 0 aliphatic heterocycles. The largest absolute Gasteiger partial charge is 0.0999 e. The lowest BCUT2D eigenvalue weighted by Gasteiger charge is -1.07. The van der Waals surface area contributed by atoms with Crippen molar-refractivity contribution in [1.29, 1.82) is 0 Å². The minimum absolute atomic E-state index is 0. The van der Waals surface area contributed by atoms with E-state index in [4.69, 9.17) is 0 Å². The molecule has 0 heterocycles. The highest BCUT2D eigenvalue weighted by atomic mass is 13.0. The SMILES string of the molecule is C.C.C.C.CC.CC.CC.CC.CC.CC.CC.CC.CC.CC.CC.CC.CC.[B]C.[B]C.[B]C.[B]C.[B]C.[B]C. The molecule has 0 aliphatic rings. The van der Waals surface area contributed by atoms with E-state index >= 15 is 0 Å². The first kappa shape index (κ1) is 193. The zero-order chi connectivity index (χ0) is 38.0. The third kappa shape index (κ3) is 413000. The second-order valence-corrected chi connectivity index (χ2v) is 0. The fourth-order valence-corrected chi connectivity index (χ4v) is 0. The lowest BCUT2D eigenvalue weighted by Crippen LogP contribution is -1.13. The first-order chi connectivity index (χ1) is 19.0. The zero-order valence-corrected chi connectivity index (χ0v) is 35.5. The van der Waals surface area contributed by atoms with Crippen molar-refractivity contribution in [3.8, 4) is 0 Å². The average Bonchev–Trinajstić information content (AvgIpc) is 3.17. The van der Waals surface area contributed by atoms with E-state index in [-0.39, 0.29) is 29.7 Å². The molecule has 0 aromatic carbocycles. The Bertz CT molecular complexity index is 24.9. The number of rotatable bonds is 0. The second-order valence-electron chi connectivity index (χ2n) is 0. The molecule has 0 aliphatic carbocycles. The van der Waals surface area contributed by atoms with E-state index in [1.54, 1.807) is 0 Å². The Morgan fingerprint density at radius 3 is 0.119 bits per heavy atom. The quantitative estimate of drug-likeness (QED) is 0.240. The van der Waals surface area contributed by atoms with Crippen molar-refractivity contribution in [2.45, 2.75) is 251 Å². The lowest BCUT2D eigenvalue weighted by molar-refractivity contribution is 1.50. The molecule has 42 heavy (non-hydrogen) atoms. The van der Waals surface area contributed by atoms with Gasteiger partial charge in [0.1, 0.15) is 0 Å². The molecule has 0 amide bonds. The molecule has 0 fully saturated rings. The van der Waals surface area contributed by atoms with Crippen LogP contribution in [0.3, 0.4) is 0 Å². The van der Waals surface area contributed by atoms with Gasteiger partial charge in [-0.05, 0) is 0 Å². The van der Waals surface area contributed by atoms with Gasteiger partial charge < -0.3 is 0 Å². The summed E-state index contributed by atoms with van der Waals surface area (Å²) in [6, 6.07) is 0. The van der Waals surface area contributed by atoms with E-state index in [0.717, 1.165) is 0 Å². The molecular weight excluding hydrogens is 497 g/mol. The smallest absolute Gasteiger partial charge is 0.0606 e.